The SMILES string of the molecule is CCCCCCCCCCCc1n(CCCC)cc[n+]1Cc1ccc(C(=O)O)cc1. The van der Waals surface area contributed by atoms with Gasteiger partial charge in [0.1, 0.15) is 18.9 Å². The Morgan fingerprint density at radius 2 is 1.47 bits per heavy atom. The predicted octanol–water partition coefficient (Wildman–Crippen LogP) is 6.40. The third kappa shape index (κ3) is 8.33. The number of hydrogen-bond acceptors (Lipinski definition) is 1. The summed E-state index contributed by atoms with van der Waals surface area (Å²) in [6, 6.07) is 7.27. The van der Waals surface area contributed by atoms with E-state index in [4.69, 9.17) is 5.11 Å². The maximum absolute atomic E-state index is 11.1. The first-order valence-electron chi connectivity index (χ1n) is 12.0. The van der Waals surface area contributed by atoms with E-state index in [2.05, 4.69) is 35.4 Å². The largest absolute Gasteiger partial charge is 0.478 e. The molecule has 0 amide bonds. The van der Waals surface area contributed by atoms with Crippen LogP contribution >= 0.6 is 0 Å². The Kier molecular flexibility index (Phi) is 11.3. The monoisotopic (exact) mass is 413 g/mol. The minimum Gasteiger partial charge on any atom is -0.478 e. The molecule has 2 rings (SSSR count). The average molecular weight is 414 g/mol. The third-order valence-electron chi connectivity index (χ3n) is 5.90. The van der Waals surface area contributed by atoms with Crippen LogP contribution in [0.5, 0.6) is 0 Å². The zero-order chi connectivity index (χ0) is 21.6. The predicted molar refractivity (Wildman–Crippen MR) is 123 cm³/mol. The molecule has 0 aliphatic carbocycles. The minimum atomic E-state index is -0.869. The number of benzene rings is 1. The number of aryl methyl sites for hydroxylation is 1. The van der Waals surface area contributed by atoms with Crippen molar-refractivity contribution in [1.29, 1.82) is 0 Å². The fourth-order valence-corrected chi connectivity index (χ4v) is 4.00. The average Bonchev–Trinajstić information content (AvgIpc) is 3.12. The Morgan fingerprint density at radius 3 is 2.07 bits per heavy atom. The highest BCUT2D eigenvalue weighted by Gasteiger charge is 2.17. The van der Waals surface area contributed by atoms with Gasteiger partial charge in [0.05, 0.1) is 12.1 Å². The summed E-state index contributed by atoms with van der Waals surface area (Å²) >= 11 is 0. The van der Waals surface area contributed by atoms with Crippen molar-refractivity contribution in [1.82, 2.24) is 4.57 Å². The van der Waals surface area contributed by atoms with Crippen LogP contribution in [0, 0.1) is 0 Å². The summed E-state index contributed by atoms with van der Waals surface area (Å²) in [6.45, 7) is 6.38. The van der Waals surface area contributed by atoms with Crippen molar-refractivity contribution in [3.63, 3.8) is 0 Å². The summed E-state index contributed by atoms with van der Waals surface area (Å²) < 4.78 is 4.76. The maximum Gasteiger partial charge on any atom is 0.335 e. The Bertz CT molecular complexity index is 734. The van der Waals surface area contributed by atoms with Crippen LogP contribution in [0.25, 0.3) is 0 Å². The number of rotatable bonds is 16. The topological polar surface area (TPSA) is 46.1 Å². The molecular weight excluding hydrogens is 372 g/mol. The van der Waals surface area contributed by atoms with Gasteiger partial charge in [0.2, 0.25) is 0 Å². The van der Waals surface area contributed by atoms with Crippen LogP contribution in [-0.2, 0) is 19.5 Å². The Labute approximate surface area is 182 Å². The number of carboxylic acids is 1. The molecule has 166 valence electrons. The molecule has 1 heterocycles. The van der Waals surface area contributed by atoms with Crippen LogP contribution in [0.1, 0.15) is 106 Å². The van der Waals surface area contributed by atoms with Crippen molar-refractivity contribution in [3.05, 3.63) is 53.6 Å². The molecule has 0 saturated heterocycles. The molecule has 0 atom stereocenters. The van der Waals surface area contributed by atoms with Crippen molar-refractivity contribution in [2.24, 2.45) is 0 Å². The molecule has 0 aliphatic rings. The molecule has 0 aliphatic heterocycles. The lowest BCUT2D eigenvalue weighted by atomic mass is 10.1. The van der Waals surface area contributed by atoms with Crippen molar-refractivity contribution in [3.8, 4) is 0 Å². The number of imidazole rings is 1. The highest BCUT2D eigenvalue weighted by Crippen LogP contribution is 2.12. The maximum atomic E-state index is 11.1. The minimum absolute atomic E-state index is 0.346. The van der Waals surface area contributed by atoms with Crippen LogP contribution in [0.15, 0.2) is 36.7 Å². The van der Waals surface area contributed by atoms with E-state index in [0.717, 1.165) is 25.1 Å². The zero-order valence-electron chi connectivity index (χ0n) is 19.1. The fourth-order valence-electron chi connectivity index (χ4n) is 4.00. The van der Waals surface area contributed by atoms with E-state index in [1.165, 1.54) is 76.5 Å². The highest BCUT2D eigenvalue weighted by molar-refractivity contribution is 5.87. The molecule has 1 N–H and O–H groups in total. The van der Waals surface area contributed by atoms with Crippen LogP contribution in [-0.4, -0.2) is 15.6 Å². The molecule has 0 fully saturated rings. The lowest BCUT2D eigenvalue weighted by Gasteiger charge is -2.07. The van der Waals surface area contributed by atoms with E-state index >= 15 is 0 Å². The summed E-state index contributed by atoms with van der Waals surface area (Å²) in [5, 5.41) is 9.10. The van der Waals surface area contributed by atoms with Gasteiger partial charge in [-0.05, 0) is 30.5 Å². The lowest BCUT2D eigenvalue weighted by molar-refractivity contribution is -0.695. The molecule has 0 spiro atoms. The zero-order valence-corrected chi connectivity index (χ0v) is 19.1. The molecular formula is C26H41N2O2+. The second-order valence-electron chi connectivity index (χ2n) is 8.47. The normalized spacial score (nSPS) is 11.1. The number of aromatic carboxylic acids is 1. The summed E-state index contributed by atoms with van der Waals surface area (Å²) in [6.07, 6.45) is 20.1. The molecule has 4 nitrogen and oxygen atoms in total. The van der Waals surface area contributed by atoms with E-state index in [1.54, 1.807) is 12.1 Å². The smallest absolute Gasteiger partial charge is 0.335 e. The molecule has 1 aromatic carbocycles. The first-order valence-corrected chi connectivity index (χ1v) is 12.0. The number of unbranched alkanes of at least 4 members (excludes halogenated alkanes) is 9. The van der Waals surface area contributed by atoms with E-state index in [9.17, 15) is 4.79 Å². The van der Waals surface area contributed by atoms with Gasteiger partial charge < -0.3 is 5.11 Å². The molecule has 4 heteroatoms. The van der Waals surface area contributed by atoms with E-state index in [0.29, 0.717) is 5.56 Å². The van der Waals surface area contributed by atoms with Crippen molar-refractivity contribution < 1.29 is 14.5 Å². The van der Waals surface area contributed by atoms with Gasteiger partial charge in [0.25, 0.3) is 5.82 Å². The molecule has 2 aromatic rings. The van der Waals surface area contributed by atoms with Crippen molar-refractivity contribution >= 4 is 5.97 Å². The van der Waals surface area contributed by atoms with Crippen molar-refractivity contribution in [2.75, 3.05) is 0 Å². The van der Waals surface area contributed by atoms with Gasteiger partial charge in [-0.1, -0.05) is 83.8 Å². The van der Waals surface area contributed by atoms with Crippen molar-refractivity contribution in [2.45, 2.75) is 104 Å². The van der Waals surface area contributed by atoms with E-state index in [-0.39, 0.29) is 0 Å². The standard InChI is InChI=1S/C26H40N2O2/c1-3-5-7-8-9-10-11-12-13-14-25-27(19-6-4-2)20-21-28(25)22-23-15-17-24(18-16-23)26(29)30/h15-18,20-21H,3-14,19,22H2,1-2H3/p+1. The molecule has 0 bridgehead atoms. The quantitative estimate of drug-likeness (QED) is 0.256. The number of carbonyl (C=O) groups is 1. The molecule has 30 heavy (non-hydrogen) atoms. The van der Waals surface area contributed by atoms with E-state index < -0.39 is 5.97 Å². The summed E-state index contributed by atoms with van der Waals surface area (Å²) in [5.74, 6) is 0.527. The molecule has 0 saturated carbocycles. The molecule has 0 unspecified atom stereocenters. The molecule has 1 aromatic heterocycles. The van der Waals surface area contributed by atoms with Gasteiger partial charge in [-0.3, -0.25) is 0 Å². The Balaban J connectivity index is 1.88. The molecule has 0 radical (unpaired) electrons. The highest BCUT2D eigenvalue weighted by atomic mass is 16.4. The number of hydrogen-bond donors (Lipinski definition) is 1. The van der Waals surface area contributed by atoms with Gasteiger partial charge in [-0.25, -0.2) is 13.9 Å². The Hall–Kier alpha value is -2.10. The van der Waals surface area contributed by atoms with Crippen LogP contribution in [0.3, 0.4) is 0 Å². The summed E-state index contributed by atoms with van der Waals surface area (Å²) in [4.78, 5) is 11.1. The number of nitrogens with zero attached hydrogens (tertiary/aromatic N) is 2. The van der Waals surface area contributed by atoms with Crippen LogP contribution in [0.4, 0.5) is 0 Å². The number of carboxylic acid groups (broad SMARTS) is 1. The van der Waals surface area contributed by atoms with Gasteiger partial charge in [0.15, 0.2) is 0 Å². The fraction of sp³-hybridized carbons (Fsp3) is 0.615. The first kappa shape index (κ1) is 24.2. The lowest BCUT2D eigenvalue weighted by Crippen LogP contribution is -2.38. The summed E-state index contributed by atoms with van der Waals surface area (Å²) in [5.41, 5.74) is 1.49. The second kappa shape index (κ2) is 14.0. The number of aromatic nitrogens is 2. The van der Waals surface area contributed by atoms with Gasteiger partial charge in [-0.2, -0.15) is 0 Å². The first-order chi connectivity index (χ1) is 14.7. The van der Waals surface area contributed by atoms with Gasteiger partial charge >= 0.3 is 5.97 Å². The third-order valence-corrected chi connectivity index (χ3v) is 5.90. The van der Waals surface area contributed by atoms with Crippen LogP contribution in [0.2, 0.25) is 0 Å². The van der Waals surface area contributed by atoms with Gasteiger partial charge in [-0.15, -0.1) is 0 Å². The van der Waals surface area contributed by atoms with E-state index in [1.807, 2.05) is 12.1 Å². The van der Waals surface area contributed by atoms with Crippen LogP contribution < -0.4 is 4.57 Å². The second-order valence-corrected chi connectivity index (χ2v) is 8.47. The Morgan fingerprint density at radius 1 is 0.867 bits per heavy atom. The summed E-state index contributed by atoms with van der Waals surface area (Å²) in [7, 11) is 0. The van der Waals surface area contributed by atoms with Gasteiger partial charge in [0, 0.05) is 6.42 Å².